The molecule has 18 heavy (non-hydrogen) atoms. The Labute approximate surface area is 122 Å². The largest absolute Gasteiger partial charge is 1.00 e. The van der Waals surface area contributed by atoms with E-state index in [2.05, 4.69) is 20.9 Å². The van der Waals surface area contributed by atoms with Crippen LogP contribution in [-0.4, -0.2) is 43.9 Å². The maximum absolute atomic E-state index is 5.36. The first-order chi connectivity index (χ1) is 6.67. The van der Waals surface area contributed by atoms with Gasteiger partial charge in [0.15, 0.2) is 0 Å². The van der Waals surface area contributed by atoms with Crippen molar-refractivity contribution in [1.29, 1.82) is 0 Å². The topological polar surface area (TPSA) is 12.5 Å². The van der Waals surface area contributed by atoms with Gasteiger partial charge >= 0.3 is 0 Å². The summed E-state index contributed by atoms with van der Waals surface area (Å²) in [5.74, 6) is 1.92. The highest BCUT2D eigenvalue weighted by atomic mass is 35.5. The van der Waals surface area contributed by atoms with Crippen molar-refractivity contribution in [1.82, 2.24) is 0 Å². The quantitative estimate of drug-likeness (QED) is 0.549. The van der Waals surface area contributed by atoms with Gasteiger partial charge in [-0.3, -0.25) is 0 Å². The second kappa shape index (κ2) is 9.17. The maximum Gasteiger partial charge on any atom is 0.130 e. The van der Waals surface area contributed by atoms with Gasteiger partial charge in [0, 0.05) is 11.8 Å². The predicted octanol–water partition coefficient (Wildman–Crippen LogP) is 0.810. The zero-order valence-corrected chi connectivity index (χ0v) is 11.0. The molecule has 0 spiro atoms. The minimum Gasteiger partial charge on any atom is -1.00 e. The smallest absolute Gasteiger partial charge is 0.130 e. The third-order valence-electron chi connectivity index (χ3n) is 4.11. The fourth-order valence-electron chi connectivity index (χ4n) is 3.24. The van der Waals surface area contributed by atoms with E-state index in [-0.39, 0.29) is 34.7 Å². The molecule has 0 aromatic heterocycles. The van der Waals surface area contributed by atoms with Crippen LogP contribution in [0.1, 0.15) is 49.0 Å². The van der Waals surface area contributed by atoms with Crippen molar-refractivity contribution < 1.29 is 21.6 Å². The first kappa shape index (κ1) is 23.3. The molecule has 3 unspecified atom stereocenters. The lowest BCUT2D eigenvalue weighted by molar-refractivity contribution is -0.900. The summed E-state index contributed by atoms with van der Waals surface area (Å²) in [6, 6.07) is 0. The number of halogens is 1. The molecule has 3 atom stereocenters. The molecular formula is C15H36ClNO. The molecule has 2 aliphatic heterocycles. The summed E-state index contributed by atoms with van der Waals surface area (Å²) in [6.07, 6.45) is 3.31. The summed E-state index contributed by atoms with van der Waals surface area (Å²) >= 11 is 0. The fourth-order valence-corrected chi connectivity index (χ4v) is 3.24. The van der Waals surface area contributed by atoms with Gasteiger partial charge in [0.1, 0.15) is 12.6 Å². The summed E-state index contributed by atoms with van der Waals surface area (Å²) in [5.41, 5.74) is 0. The van der Waals surface area contributed by atoms with Gasteiger partial charge in [0.2, 0.25) is 0 Å². The van der Waals surface area contributed by atoms with Crippen molar-refractivity contribution in [3.8, 4) is 0 Å². The Morgan fingerprint density at radius 3 is 1.67 bits per heavy atom. The first-order valence-electron chi connectivity index (χ1n) is 6.12. The molecule has 0 amide bonds. The van der Waals surface area contributed by atoms with E-state index in [4.69, 9.17) is 4.74 Å². The monoisotopic (exact) mass is 281 g/mol. The molecule has 0 N–H and O–H groups in total. The second-order valence-corrected chi connectivity index (χ2v) is 5.46. The average Bonchev–Trinajstić information content (AvgIpc) is 2.88. The Bertz CT molecular complexity index is 195. The number of likely N-dealkylation sites (tertiary alicyclic amines) is 1. The lowest BCUT2D eigenvalue weighted by Gasteiger charge is -2.29. The lowest BCUT2D eigenvalue weighted by Crippen LogP contribution is -3.00. The van der Waals surface area contributed by atoms with Crippen molar-refractivity contribution in [2.24, 2.45) is 11.8 Å². The highest BCUT2D eigenvalue weighted by molar-refractivity contribution is 4.77. The molecule has 2 fully saturated rings. The molecule has 2 saturated heterocycles. The number of likely N-dealkylation sites (N-methyl/N-ethyl adjacent to an activating group) is 1. The predicted molar refractivity (Wildman–Crippen MR) is 78.3 cm³/mol. The molecule has 0 radical (unpaired) electrons. The van der Waals surface area contributed by atoms with Crippen molar-refractivity contribution in [2.75, 3.05) is 33.3 Å². The van der Waals surface area contributed by atoms with Gasteiger partial charge in [-0.25, -0.2) is 0 Å². The average molecular weight is 282 g/mol. The van der Waals surface area contributed by atoms with Crippen LogP contribution < -0.4 is 12.4 Å². The van der Waals surface area contributed by atoms with Gasteiger partial charge in [-0.15, -0.1) is 0 Å². The number of nitrogens with zero attached hydrogens (tertiary/aromatic N) is 1. The van der Waals surface area contributed by atoms with Gasteiger partial charge in [-0.1, -0.05) is 36.1 Å². The van der Waals surface area contributed by atoms with Crippen LogP contribution in [-0.2, 0) is 4.74 Å². The summed E-state index contributed by atoms with van der Waals surface area (Å²) in [6.45, 7) is 9.73. The molecule has 2 rings (SSSR count). The van der Waals surface area contributed by atoms with Gasteiger partial charge in [0.05, 0.1) is 26.7 Å². The number of rotatable bonds is 4. The Morgan fingerprint density at radius 2 is 1.39 bits per heavy atom. The van der Waals surface area contributed by atoms with Crippen LogP contribution >= 0.6 is 0 Å². The number of ether oxygens (including phenoxy) is 1. The molecule has 2 aliphatic rings. The molecule has 0 saturated carbocycles. The highest BCUT2D eigenvalue weighted by Crippen LogP contribution is 2.34. The Balaban J connectivity index is -0.000000562. The third kappa shape index (κ3) is 5.46. The first-order valence-corrected chi connectivity index (χ1v) is 6.12. The fraction of sp³-hybridized carbons (Fsp3) is 1.00. The van der Waals surface area contributed by atoms with Gasteiger partial charge in [-0.05, 0) is 12.8 Å². The summed E-state index contributed by atoms with van der Waals surface area (Å²) in [4.78, 5) is 0. The van der Waals surface area contributed by atoms with Crippen molar-refractivity contribution in [2.45, 2.75) is 55.1 Å². The summed E-state index contributed by atoms with van der Waals surface area (Å²) in [7, 11) is 2.42. The molecule has 0 bridgehead atoms. The molecule has 2 nitrogen and oxygen atoms in total. The van der Waals surface area contributed by atoms with Crippen LogP contribution in [0.5, 0.6) is 0 Å². The second-order valence-electron chi connectivity index (χ2n) is 5.46. The third-order valence-corrected chi connectivity index (χ3v) is 4.11. The van der Waals surface area contributed by atoms with Crippen molar-refractivity contribution in [3.63, 3.8) is 0 Å². The van der Waals surface area contributed by atoms with Crippen LogP contribution in [0.4, 0.5) is 0 Å². The molecule has 0 aromatic carbocycles. The van der Waals surface area contributed by atoms with E-state index in [0.29, 0.717) is 6.10 Å². The Morgan fingerprint density at radius 1 is 1.00 bits per heavy atom. The van der Waals surface area contributed by atoms with Crippen LogP contribution in [0.15, 0.2) is 0 Å². The van der Waals surface area contributed by atoms with E-state index in [1.165, 1.54) is 37.0 Å². The number of hydrogen-bond donors (Lipinski definition) is 0. The lowest BCUT2D eigenvalue weighted by atomic mass is 9.92. The minimum absolute atomic E-state index is 0. The molecule has 3 heteroatoms. The zero-order chi connectivity index (χ0) is 10.2. The standard InChI is InChI=1S/C12H24NO.3CH4.ClH/c1-4-10-6-13(3,7-11(10)5-2)8-12-9-14-12;;;;/h10-12H,4-9H2,1-3H3;3*1H4;1H/q+1;;;;/p-1. The van der Waals surface area contributed by atoms with Crippen molar-refractivity contribution in [3.05, 3.63) is 0 Å². The number of epoxide rings is 1. The maximum atomic E-state index is 5.36. The Kier molecular flexibility index (Phi) is 11.9. The van der Waals surface area contributed by atoms with Crippen LogP contribution in [0.25, 0.3) is 0 Å². The van der Waals surface area contributed by atoms with Crippen LogP contribution in [0.2, 0.25) is 0 Å². The number of hydrogen-bond acceptors (Lipinski definition) is 1. The van der Waals surface area contributed by atoms with Crippen molar-refractivity contribution >= 4 is 0 Å². The number of quaternary nitrogens is 1. The van der Waals surface area contributed by atoms with Crippen LogP contribution in [0, 0.1) is 11.8 Å². The Hall–Kier alpha value is 0.210. The summed E-state index contributed by atoms with van der Waals surface area (Å²) in [5, 5.41) is 0. The van der Waals surface area contributed by atoms with E-state index in [1.54, 1.807) is 0 Å². The van der Waals surface area contributed by atoms with E-state index in [9.17, 15) is 0 Å². The van der Waals surface area contributed by atoms with Gasteiger partial charge in [-0.2, -0.15) is 0 Å². The van der Waals surface area contributed by atoms with Crippen LogP contribution in [0.3, 0.4) is 0 Å². The van der Waals surface area contributed by atoms with E-state index < -0.39 is 0 Å². The van der Waals surface area contributed by atoms with E-state index in [1.807, 2.05) is 0 Å². The minimum atomic E-state index is 0. The van der Waals surface area contributed by atoms with E-state index in [0.717, 1.165) is 18.4 Å². The van der Waals surface area contributed by atoms with Gasteiger partial charge in [0.25, 0.3) is 0 Å². The zero-order valence-electron chi connectivity index (χ0n) is 10.2. The molecule has 2 heterocycles. The summed E-state index contributed by atoms with van der Waals surface area (Å²) < 4.78 is 6.62. The highest BCUT2D eigenvalue weighted by Gasteiger charge is 2.44. The SMILES string of the molecule is C.C.C.CCC1C[N+](C)(CC2CO2)CC1CC.[Cl-]. The normalized spacial score (nSPS) is 36.5. The van der Waals surface area contributed by atoms with Gasteiger partial charge < -0.3 is 21.6 Å². The molecular weight excluding hydrogens is 246 g/mol. The molecule has 114 valence electrons. The van der Waals surface area contributed by atoms with E-state index >= 15 is 0 Å². The molecule has 0 aromatic rings. The molecule has 0 aliphatic carbocycles.